The molecule has 0 radical (unpaired) electrons. The zero-order valence-corrected chi connectivity index (χ0v) is 21.5. The van der Waals surface area contributed by atoms with Crippen LogP contribution in [0.4, 0.5) is 9.18 Å². The molecule has 4 aliphatic heterocycles. The van der Waals surface area contributed by atoms with Crippen molar-refractivity contribution in [3.05, 3.63) is 34.5 Å². The van der Waals surface area contributed by atoms with Crippen LogP contribution in [0.5, 0.6) is 5.75 Å². The zero-order chi connectivity index (χ0) is 24.2. The lowest BCUT2D eigenvalue weighted by atomic mass is 10.0. The highest BCUT2D eigenvalue weighted by molar-refractivity contribution is 8.19. The lowest BCUT2D eigenvalue weighted by Crippen LogP contribution is -2.48. The minimum absolute atomic E-state index is 0.202. The maximum absolute atomic E-state index is 14.1. The van der Waals surface area contributed by atoms with Gasteiger partial charge < -0.3 is 14.5 Å². The predicted molar refractivity (Wildman–Crippen MR) is 142 cm³/mol. The van der Waals surface area contributed by atoms with Gasteiger partial charge in [0, 0.05) is 43.9 Å². The quantitative estimate of drug-likeness (QED) is 0.463. The Morgan fingerprint density at radius 1 is 1.11 bits per heavy atom. The summed E-state index contributed by atoms with van der Waals surface area (Å²) < 4.78 is 19.8. The number of ether oxygens (including phenoxy) is 1. The fraction of sp³-hybridized carbons (Fsp3) is 0.560. The van der Waals surface area contributed by atoms with Crippen molar-refractivity contribution in [1.29, 1.82) is 0 Å². The summed E-state index contributed by atoms with van der Waals surface area (Å²) in [4.78, 5) is 23.1. The molecule has 0 unspecified atom stereocenters. The van der Waals surface area contributed by atoms with Crippen molar-refractivity contribution >= 4 is 46.3 Å². The lowest BCUT2D eigenvalue weighted by Gasteiger charge is -2.39. The van der Waals surface area contributed by atoms with E-state index in [4.69, 9.17) is 17.0 Å². The molecule has 0 atom stereocenters. The monoisotopic (exact) mass is 517 g/mol. The number of hydrogen-bond donors (Lipinski definition) is 1. The first-order valence-electron chi connectivity index (χ1n) is 12.6. The third kappa shape index (κ3) is 6.04. The molecule has 4 heterocycles. The topological polar surface area (TPSA) is 60.4 Å². The molecule has 10 heteroatoms. The van der Waals surface area contributed by atoms with Crippen LogP contribution in [0.15, 0.2) is 28.1 Å². The minimum Gasteiger partial charge on any atom is -0.409 e. The van der Waals surface area contributed by atoms with Crippen LogP contribution >= 0.6 is 24.0 Å². The average Bonchev–Trinajstić information content (AvgIpc) is 3.27. The summed E-state index contributed by atoms with van der Waals surface area (Å²) >= 11 is 6.96. The molecule has 0 aromatic heterocycles. The number of thioether (sulfide) groups is 1. The van der Waals surface area contributed by atoms with Gasteiger partial charge in [-0.25, -0.2) is 19.6 Å². The first-order chi connectivity index (χ1) is 17.1. The number of carbonyl (C=O) groups is 1. The van der Waals surface area contributed by atoms with Gasteiger partial charge in [0.15, 0.2) is 5.17 Å². The number of amidine groups is 1. The van der Waals surface area contributed by atoms with Gasteiger partial charge in [0.05, 0.1) is 4.91 Å². The number of thiocarbonyl (C=S) groups is 1. The number of hydrogen-bond acceptors (Lipinski definition) is 7. The summed E-state index contributed by atoms with van der Waals surface area (Å²) in [6, 6.07) is 4.79. The number of rotatable bonds is 3. The molecule has 0 bridgehead atoms. The van der Waals surface area contributed by atoms with E-state index < -0.39 is 11.9 Å². The summed E-state index contributed by atoms with van der Waals surface area (Å²) in [6.07, 6.45) is 9.40. The Balaban J connectivity index is 1.23. The Labute approximate surface area is 215 Å². The molecule has 4 aliphatic rings. The molecule has 3 saturated heterocycles. The summed E-state index contributed by atoms with van der Waals surface area (Å²) in [5.74, 6) is -0.247. The Morgan fingerprint density at radius 2 is 1.89 bits per heavy atom. The predicted octanol–water partition coefficient (Wildman–Crippen LogP) is 4.65. The molecule has 0 aliphatic carbocycles. The minimum atomic E-state index is -0.449. The van der Waals surface area contributed by atoms with E-state index in [1.807, 2.05) is 11.1 Å². The van der Waals surface area contributed by atoms with Crippen LogP contribution in [0, 0.1) is 5.82 Å². The van der Waals surface area contributed by atoms with Crippen LogP contribution in [0.25, 0.3) is 6.08 Å². The first kappa shape index (κ1) is 24.7. The Hall–Kier alpha value is -2.01. The van der Waals surface area contributed by atoms with E-state index in [-0.39, 0.29) is 5.75 Å². The van der Waals surface area contributed by atoms with Gasteiger partial charge in [-0.1, -0.05) is 18.6 Å². The number of nitrogens with one attached hydrogen (secondary N) is 1. The lowest BCUT2D eigenvalue weighted by molar-refractivity contribution is 0.0878. The molecule has 1 aromatic carbocycles. The molecule has 5 rings (SSSR count). The van der Waals surface area contributed by atoms with E-state index in [0.717, 1.165) is 61.9 Å². The van der Waals surface area contributed by atoms with Crippen LogP contribution in [0.3, 0.4) is 0 Å². The Kier molecular flexibility index (Phi) is 8.01. The van der Waals surface area contributed by atoms with Crippen LogP contribution in [-0.2, 0) is 0 Å². The van der Waals surface area contributed by atoms with Gasteiger partial charge >= 0.3 is 6.09 Å². The van der Waals surface area contributed by atoms with E-state index in [2.05, 4.69) is 15.3 Å². The van der Waals surface area contributed by atoms with Crippen molar-refractivity contribution in [2.24, 2.45) is 4.99 Å². The van der Waals surface area contributed by atoms with Crippen LogP contribution in [-0.4, -0.2) is 76.4 Å². The standard InChI is InChI=1S/C25H32FN5O2S2/c26-19-7-6-18(16-22-23(34)28-24(35-22)31-13-5-2-10-27-31)21(17-19)33-25(32)30-14-8-20(9-15-30)29-11-3-1-4-12-29/h6-7,16-17,20,27H,1-5,8-15H2. The van der Waals surface area contributed by atoms with Crippen molar-refractivity contribution < 1.29 is 13.9 Å². The van der Waals surface area contributed by atoms with Crippen molar-refractivity contribution in [3.8, 4) is 5.75 Å². The molecule has 0 saturated carbocycles. The van der Waals surface area contributed by atoms with Crippen molar-refractivity contribution in [3.63, 3.8) is 0 Å². The van der Waals surface area contributed by atoms with Gasteiger partial charge in [-0.3, -0.25) is 5.01 Å². The summed E-state index contributed by atoms with van der Waals surface area (Å²) in [5, 5.41) is 2.85. The fourth-order valence-corrected chi connectivity index (χ4v) is 6.32. The number of likely N-dealkylation sites (tertiary alicyclic amines) is 2. The highest BCUT2D eigenvalue weighted by Crippen LogP contribution is 2.34. The second-order valence-electron chi connectivity index (χ2n) is 9.44. The average molecular weight is 518 g/mol. The largest absolute Gasteiger partial charge is 0.415 e. The zero-order valence-electron chi connectivity index (χ0n) is 19.9. The van der Waals surface area contributed by atoms with Gasteiger partial charge in [0.1, 0.15) is 16.6 Å². The van der Waals surface area contributed by atoms with Crippen LogP contribution in [0.2, 0.25) is 0 Å². The number of hydrazine groups is 1. The molecule has 1 amide bonds. The Morgan fingerprint density at radius 3 is 2.63 bits per heavy atom. The summed E-state index contributed by atoms with van der Waals surface area (Å²) in [5.41, 5.74) is 3.95. The maximum atomic E-state index is 14.1. The maximum Gasteiger partial charge on any atom is 0.415 e. The van der Waals surface area contributed by atoms with Gasteiger partial charge in [-0.15, -0.1) is 0 Å². The number of nitrogens with zero attached hydrogens (tertiary/aromatic N) is 4. The number of carbonyl (C=O) groups excluding carboxylic acids is 1. The molecule has 3 fully saturated rings. The first-order valence-corrected chi connectivity index (χ1v) is 13.8. The second kappa shape index (κ2) is 11.4. The van der Waals surface area contributed by atoms with Crippen molar-refractivity contribution in [1.82, 2.24) is 20.2 Å². The number of halogens is 1. The molecular formula is C25H32FN5O2S2. The number of aliphatic imine (C=N–C) groups is 1. The van der Waals surface area contributed by atoms with Gasteiger partial charge in [-0.2, -0.15) is 0 Å². The molecule has 1 aromatic rings. The number of benzene rings is 1. The normalized spacial score (nSPS) is 23.6. The molecular weight excluding hydrogens is 485 g/mol. The van der Waals surface area contributed by atoms with E-state index in [1.165, 1.54) is 43.2 Å². The molecule has 35 heavy (non-hydrogen) atoms. The summed E-state index contributed by atoms with van der Waals surface area (Å²) in [6.45, 7) is 5.44. The molecule has 7 nitrogen and oxygen atoms in total. The van der Waals surface area contributed by atoms with Gasteiger partial charge in [-0.05, 0) is 81.6 Å². The van der Waals surface area contributed by atoms with Crippen LogP contribution < -0.4 is 10.2 Å². The van der Waals surface area contributed by atoms with Crippen molar-refractivity contribution in [2.75, 3.05) is 39.3 Å². The smallest absolute Gasteiger partial charge is 0.409 e. The van der Waals surface area contributed by atoms with E-state index in [9.17, 15) is 9.18 Å². The Bertz CT molecular complexity index is 1010. The van der Waals surface area contributed by atoms with Crippen LogP contribution in [0.1, 0.15) is 50.5 Å². The fourth-order valence-electron chi connectivity index (χ4n) is 5.08. The SMILES string of the molecule is O=C(Oc1cc(F)ccc1C=C1SC(N2CCCCN2)=NC1=S)N1CCC(N2CCCCC2)CC1. The third-order valence-corrected chi connectivity index (χ3v) is 8.51. The number of amides is 1. The van der Waals surface area contributed by atoms with E-state index in [0.29, 0.717) is 29.7 Å². The molecule has 188 valence electrons. The second-order valence-corrected chi connectivity index (χ2v) is 10.8. The molecule has 0 spiro atoms. The van der Waals surface area contributed by atoms with Gasteiger partial charge in [0.25, 0.3) is 0 Å². The van der Waals surface area contributed by atoms with E-state index >= 15 is 0 Å². The highest BCUT2D eigenvalue weighted by Gasteiger charge is 2.29. The number of piperidine rings is 2. The van der Waals surface area contributed by atoms with E-state index in [1.54, 1.807) is 11.0 Å². The summed E-state index contributed by atoms with van der Waals surface area (Å²) in [7, 11) is 0. The van der Waals surface area contributed by atoms with Gasteiger partial charge in [0.2, 0.25) is 0 Å². The third-order valence-electron chi connectivity index (χ3n) is 7.04. The molecule has 1 N–H and O–H groups in total. The van der Waals surface area contributed by atoms with Crippen molar-refractivity contribution in [2.45, 2.75) is 51.0 Å². The highest BCUT2D eigenvalue weighted by atomic mass is 32.2.